The van der Waals surface area contributed by atoms with Gasteiger partial charge in [-0.25, -0.2) is 9.97 Å². The molecule has 0 saturated carbocycles. The third-order valence-corrected chi connectivity index (χ3v) is 2.10. The van der Waals surface area contributed by atoms with E-state index in [2.05, 4.69) is 25.9 Å². The minimum Gasteiger partial charge on any atom is -0.291 e. The zero-order chi connectivity index (χ0) is 7.68. The van der Waals surface area contributed by atoms with Gasteiger partial charge in [0.05, 0.1) is 0 Å². The molecule has 0 aromatic carbocycles. The Bertz CT molecular complexity index is 368. The highest BCUT2D eigenvalue weighted by Gasteiger charge is 1.94. The minimum atomic E-state index is 0.745. The van der Waals surface area contributed by atoms with Gasteiger partial charge in [-0.05, 0) is 5.56 Å². The summed E-state index contributed by atoms with van der Waals surface area (Å²) >= 11 is 3.36. The zero-order valence-corrected chi connectivity index (χ0v) is 7.32. The normalized spacial score (nSPS) is 10.6. The molecule has 56 valence electrons. The summed E-state index contributed by atoms with van der Waals surface area (Å²) in [6, 6.07) is 0. The van der Waals surface area contributed by atoms with Crippen LogP contribution in [0.25, 0.3) is 5.78 Å². The van der Waals surface area contributed by atoms with Crippen molar-refractivity contribution in [1.29, 1.82) is 0 Å². The van der Waals surface area contributed by atoms with Gasteiger partial charge >= 0.3 is 0 Å². The molecule has 2 rings (SSSR count). The molecule has 0 aliphatic rings. The summed E-state index contributed by atoms with van der Waals surface area (Å²) in [4.78, 5) is 8.16. The minimum absolute atomic E-state index is 0.745. The fourth-order valence-electron chi connectivity index (χ4n) is 0.928. The van der Waals surface area contributed by atoms with E-state index in [1.165, 1.54) is 0 Å². The van der Waals surface area contributed by atoms with E-state index in [9.17, 15) is 0 Å². The average Bonchev–Trinajstić information content (AvgIpc) is 2.50. The number of halogens is 1. The van der Waals surface area contributed by atoms with Gasteiger partial charge in [0.1, 0.15) is 0 Å². The van der Waals surface area contributed by atoms with Crippen LogP contribution in [-0.2, 0) is 5.33 Å². The average molecular weight is 212 g/mol. The highest BCUT2D eigenvalue weighted by molar-refractivity contribution is 9.08. The highest BCUT2D eigenvalue weighted by Crippen LogP contribution is 2.04. The van der Waals surface area contributed by atoms with Crippen LogP contribution in [0, 0.1) is 0 Å². The molecule has 0 unspecified atom stereocenters. The quantitative estimate of drug-likeness (QED) is 0.672. The molecule has 2 aromatic rings. The molecule has 0 aliphatic carbocycles. The van der Waals surface area contributed by atoms with Crippen molar-refractivity contribution in [2.75, 3.05) is 0 Å². The number of aromatic nitrogens is 3. The van der Waals surface area contributed by atoms with Gasteiger partial charge in [-0.15, -0.1) is 0 Å². The van der Waals surface area contributed by atoms with Gasteiger partial charge in [0, 0.05) is 30.1 Å². The maximum absolute atomic E-state index is 4.13. The van der Waals surface area contributed by atoms with Gasteiger partial charge in [-0.3, -0.25) is 4.40 Å². The fourth-order valence-corrected chi connectivity index (χ4v) is 1.22. The lowest BCUT2D eigenvalue weighted by Crippen LogP contribution is -1.89. The van der Waals surface area contributed by atoms with E-state index in [4.69, 9.17) is 0 Å². The van der Waals surface area contributed by atoms with Crippen molar-refractivity contribution >= 4 is 21.7 Å². The van der Waals surface area contributed by atoms with E-state index in [0.717, 1.165) is 16.7 Å². The molecule has 0 N–H and O–H groups in total. The first kappa shape index (κ1) is 6.79. The van der Waals surface area contributed by atoms with Gasteiger partial charge in [0.2, 0.25) is 5.78 Å². The smallest absolute Gasteiger partial charge is 0.233 e. The Balaban J connectivity index is 2.67. The van der Waals surface area contributed by atoms with Crippen LogP contribution in [0.1, 0.15) is 5.56 Å². The maximum Gasteiger partial charge on any atom is 0.233 e. The first-order valence-corrected chi connectivity index (χ1v) is 4.36. The van der Waals surface area contributed by atoms with Gasteiger partial charge in [-0.1, -0.05) is 15.9 Å². The van der Waals surface area contributed by atoms with Crippen molar-refractivity contribution in [1.82, 2.24) is 14.4 Å². The molecule has 0 bridgehead atoms. The SMILES string of the molecule is BrCc1cnc2nccn2c1. The fraction of sp³-hybridized carbons (Fsp3) is 0.143. The molecular weight excluding hydrogens is 206 g/mol. The Labute approximate surface area is 72.2 Å². The Hall–Kier alpha value is -0.900. The number of hydrogen-bond donors (Lipinski definition) is 0. The Morgan fingerprint density at radius 1 is 1.45 bits per heavy atom. The van der Waals surface area contributed by atoms with E-state index in [1.807, 2.05) is 23.0 Å². The predicted molar refractivity (Wildman–Crippen MR) is 45.6 cm³/mol. The monoisotopic (exact) mass is 211 g/mol. The van der Waals surface area contributed by atoms with Crippen LogP contribution in [0.4, 0.5) is 0 Å². The Morgan fingerprint density at radius 2 is 2.36 bits per heavy atom. The topological polar surface area (TPSA) is 30.2 Å². The van der Waals surface area contributed by atoms with Crippen molar-refractivity contribution in [3.8, 4) is 0 Å². The molecule has 0 saturated heterocycles. The van der Waals surface area contributed by atoms with E-state index in [0.29, 0.717) is 0 Å². The van der Waals surface area contributed by atoms with E-state index in [1.54, 1.807) is 6.20 Å². The Kier molecular flexibility index (Phi) is 1.62. The van der Waals surface area contributed by atoms with Crippen LogP contribution in [0.5, 0.6) is 0 Å². The lowest BCUT2D eigenvalue weighted by Gasteiger charge is -1.94. The van der Waals surface area contributed by atoms with Gasteiger partial charge in [-0.2, -0.15) is 0 Å². The molecule has 0 amide bonds. The number of fused-ring (bicyclic) bond motifs is 1. The number of alkyl halides is 1. The lowest BCUT2D eigenvalue weighted by atomic mass is 10.4. The number of nitrogens with zero attached hydrogens (tertiary/aromatic N) is 3. The first-order chi connectivity index (χ1) is 5.40. The Morgan fingerprint density at radius 3 is 3.18 bits per heavy atom. The molecule has 0 spiro atoms. The zero-order valence-electron chi connectivity index (χ0n) is 5.74. The van der Waals surface area contributed by atoms with Gasteiger partial charge in [0.15, 0.2) is 0 Å². The number of rotatable bonds is 1. The van der Waals surface area contributed by atoms with Gasteiger partial charge in [0.25, 0.3) is 0 Å². The van der Waals surface area contributed by atoms with Crippen LogP contribution >= 0.6 is 15.9 Å². The number of hydrogen-bond acceptors (Lipinski definition) is 2. The van der Waals surface area contributed by atoms with E-state index in [-0.39, 0.29) is 0 Å². The summed E-state index contributed by atoms with van der Waals surface area (Å²) < 4.78 is 1.90. The second-order valence-electron chi connectivity index (χ2n) is 2.23. The second kappa shape index (κ2) is 2.62. The summed E-state index contributed by atoms with van der Waals surface area (Å²) in [6.45, 7) is 0. The predicted octanol–water partition coefficient (Wildman–Crippen LogP) is 1.62. The molecule has 2 aromatic heterocycles. The third-order valence-electron chi connectivity index (χ3n) is 1.45. The molecule has 0 atom stereocenters. The largest absolute Gasteiger partial charge is 0.291 e. The van der Waals surface area contributed by atoms with Crippen LogP contribution in [0.15, 0.2) is 24.8 Å². The van der Waals surface area contributed by atoms with Crippen LogP contribution in [0.2, 0.25) is 0 Å². The summed E-state index contributed by atoms with van der Waals surface area (Å²) in [5.41, 5.74) is 1.15. The van der Waals surface area contributed by atoms with Crippen molar-refractivity contribution in [2.45, 2.75) is 5.33 Å². The summed E-state index contributed by atoms with van der Waals surface area (Å²) in [5, 5.41) is 0.828. The van der Waals surface area contributed by atoms with Crippen molar-refractivity contribution < 1.29 is 0 Å². The summed E-state index contributed by atoms with van der Waals surface area (Å²) in [5.74, 6) is 0.745. The molecule has 11 heavy (non-hydrogen) atoms. The van der Waals surface area contributed by atoms with Crippen molar-refractivity contribution in [3.05, 3.63) is 30.4 Å². The van der Waals surface area contributed by atoms with Crippen LogP contribution in [-0.4, -0.2) is 14.4 Å². The molecule has 0 fully saturated rings. The maximum atomic E-state index is 4.13. The van der Waals surface area contributed by atoms with Crippen molar-refractivity contribution in [2.24, 2.45) is 0 Å². The van der Waals surface area contributed by atoms with E-state index >= 15 is 0 Å². The molecule has 0 radical (unpaired) electrons. The van der Waals surface area contributed by atoms with Crippen molar-refractivity contribution in [3.63, 3.8) is 0 Å². The number of imidazole rings is 1. The van der Waals surface area contributed by atoms with Gasteiger partial charge < -0.3 is 0 Å². The third kappa shape index (κ3) is 1.14. The molecule has 0 aliphatic heterocycles. The molecule has 3 nitrogen and oxygen atoms in total. The van der Waals surface area contributed by atoms with E-state index < -0.39 is 0 Å². The first-order valence-electron chi connectivity index (χ1n) is 3.24. The van der Waals surface area contributed by atoms with Crippen LogP contribution in [0.3, 0.4) is 0 Å². The molecule has 4 heteroatoms. The standard InChI is InChI=1S/C7H6BrN3/c8-3-6-4-10-7-9-1-2-11(7)5-6/h1-2,4-5H,3H2. The summed E-state index contributed by atoms with van der Waals surface area (Å²) in [7, 11) is 0. The highest BCUT2D eigenvalue weighted by atomic mass is 79.9. The van der Waals surface area contributed by atoms with Crippen LogP contribution < -0.4 is 0 Å². The lowest BCUT2D eigenvalue weighted by molar-refractivity contribution is 1.08. The summed E-state index contributed by atoms with van der Waals surface area (Å²) in [6.07, 6.45) is 7.44. The second-order valence-corrected chi connectivity index (χ2v) is 2.79. The molecular formula is C7H6BrN3. The molecule has 2 heterocycles.